The summed E-state index contributed by atoms with van der Waals surface area (Å²) in [5.41, 5.74) is -0.898. The minimum atomic E-state index is -1.77. The van der Waals surface area contributed by atoms with Gasteiger partial charge in [0.25, 0.3) is 5.91 Å². The summed E-state index contributed by atoms with van der Waals surface area (Å²) in [7, 11) is 0. The quantitative estimate of drug-likeness (QED) is 0.517. The third-order valence-corrected chi connectivity index (χ3v) is 4.87. The van der Waals surface area contributed by atoms with E-state index in [-0.39, 0.29) is 19.7 Å². The molecule has 0 saturated carbocycles. The first-order chi connectivity index (χ1) is 13.7. The molecule has 0 unspecified atom stereocenters. The van der Waals surface area contributed by atoms with E-state index >= 15 is 0 Å². The van der Waals surface area contributed by atoms with Gasteiger partial charge in [-0.3, -0.25) is 19.2 Å². The van der Waals surface area contributed by atoms with E-state index in [1.165, 1.54) is 25.7 Å². The van der Waals surface area contributed by atoms with E-state index in [0.29, 0.717) is 0 Å². The Kier molecular flexibility index (Phi) is 5.88. The summed E-state index contributed by atoms with van der Waals surface area (Å²) >= 11 is 0. The molecule has 9 nitrogen and oxygen atoms in total. The molecule has 2 saturated heterocycles. The van der Waals surface area contributed by atoms with E-state index in [0.717, 1.165) is 5.56 Å². The van der Waals surface area contributed by atoms with Crippen LogP contribution in [0.25, 0.3) is 0 Å². The van der Waals surface area contributed by atoms with E-state index in [2.05, 4.69) is 0 Å². The summed E-state index contributed by atoms with van der Waals surface area (Å²) in [6.45, 7) is 3.75. The monoisotopic (exact) mass is 405 g/mol. The van der Waals surface area contributed by atoms with Crippen LogP contribution in [0.5, 0.6) is 0 Å². The minimum Gasteiger partial charge on any atom is -0.457 e. The molecule has 0 aromatic heterocycles. The van der Waals surface area contributed by atoms with Gasteiger partial charge in [0.15, 0.2) is 18.3 Å². The maximum Gasteiger partial charge on any atom is 0.303 e. The summed E-state index contributed by atoms with van der Waals surface area (Å²) in [5.74, 6) is -2.38. The van der Waals surface area contributed by atoms with Gasteiger partial charge >= 0.3 is 17.9 Å². The molecule has 1 aromatic carbocycles. The average molecular weight is 405 g/mol. The van der Waals surface area contributed by atoms with Gasteiger partial charge in [-0.15, -0.1) is 0 Å². The van der Waals surface area contributed by atoms with Gasteiger partial charge < -0.3 is 23.8 Å². The van der Waals surface area contributed by atoms with Gasteiger partial charge in [0.05, 0.1) is 13.2 Å². The molecule has 1 spiro atoms. The molecule has 2 heterocycles. The molecule has 0 radical (unpaired) electrons. The molecule has 1 amide bonds. The SMILES string of the molecule is CC(=O)O[C@H]1CO[C@]2(C(=O)N(Cc3ccccc3)C[C@@H]2OC(C)=O)[C@H]1OC(C)=O. The molecule has 1 aromatic rings. The predicted molar refractivity (Wildman–Crippen MR) is 97.2 cm³/mol. The lowest BCUT2D eigenvalue weighted by Crippen LogP contribution is -2.58. The van der Waals surface area contributed by atoms with Gasteiger partial charge in [-0.1, -0.05) is 30.3 Å². The van der Waals surface area contributed by atoms with Crippen LogP contribution in [0.15, 0.2) is 30.3 Å². The third kappa shape index (κ3) is 4.09. The minimum absolute atomic E-state index is 0.0534. The Hall–Kier alpha value is -2.94. The van der Waals surface area contributed by atoms with Crippen molar-refractivity contribution < 1.29 is 38.1 Å². The second-order valence-corrected chi connectivity index (χ2v) is 7.05. The van der Waals surface area contributed by atoms with Crippen LogP contribution in [0.4, 0.5) is 0 Å². The lowest BCUT2D eigenvalue weighted by atomic mass is 9.91. The molecule has 2 fully saturated rings. The maximum absolute atomic E-state index is 13.4. The normalized spacial score (nSPS) is 28.4. The van der Waals surface area contributed by atoms with Crippen LogP contribution in [0.2, 0.25) is 0 Å². The number of hydrogen-bond acceptors (Lipinski definition) is 8. The fourth-order valence-corrected chi connectivity index (χ4v) is 3.85. The zero-order chi connectivity index (χ0) is 21.2. The smallest absolute Gasteiger partial charge is 0.303 e. The van der Waals surface area contributed by atoms with E-state index in [4.69, 9.17) is 18.9 Å². The van der Waals surface area contributed by atoms with Gasteiger partial charge in [0.2, 0.25) is 5.60 Å². The Morgan fingerprint density at radius 1 is 1.03 bits per heavy atom. The summed E-state index contributed by atoms with van der Waals surface area (Å²) in [6.07, 6.45) is -3.25. The fourth-order valence-electron chi connectivity index (χ4n) is 3.85. The van der Waals surface area contributed by atoms with Crippen molar-refractivity contribution >= 4 is 23.8 Å². The van der Waals surface area contributed by atoms with Crippen molar-refractivity contribution in [3.05, 3.63) is 35.9 Å². The summed E-state index contributed by atoms with van der Waals surface area (Å²) in [5, 5.41) is 0. The number of likely N-dealkylation sites (tertiary alicyclic amines) is 1. The van der Waals surface area contributed by atoms with Crippen LogP contribution in [0, 0.1) is 0 Å². The first-order valence-electron chi connectivity index (χ1n) is 9.23. The molecule has 2 aliphatic rings. The number of amides is 1. The van der Waals surface area contributed by atoms with Gasteiger partial charge in [-0.2, -0.15) is 0 Å². The Bertz CT molecular complexity index is 810. The maximum atomic E-state index is 13.4. The van der Waals surface area contributed by atoms with E-state index in [1.807, 2.05) is 30.3 Å². The number of nitrogens with zero attached hydrogens (tertiary/aromatic N) is 1. The largest absolute Gasteiger partial charge is 0.457 e. The number of rotatable bonds is 5. The van der Waals surface area contributed by atoms with Gasteiger partial charge in [0.1, 0.15) is 0 Å². The van der Waals surface area contributed by atoms with Crippen molar-refractivity contribution in [2.45, 2.75) is 51.2 Å². The summed E-state index contributed by atoms with van der Waals surface area (Å²) < 4.78 is 21.8. The van der Waals surface area contributed by atoms with Crippen molar-refractivity contribution in [2.75, 3.05) is 13.2 Å². The summed E-state index contributed by atoms with van der Waals surface area (Å²) in [6, 6.07) is 9.28. The van der Waals surface area contributed by atoms with Crippen LogP contribution >= 0.6 is 0 Å². The van der Waals surface area contributed by atoms with Gasteiger partial charge in [-0.25, -0.2) is 0 Å². The first kappa shape index (κ1) is 20.8. The Labute approximate surface area is 167 Å². The van der Waals surface area contributed by atoms with Crippen LogP contribution < -0.4 is 0 Å². The Balaban J connectivity index is 1.96. The number of carbonyl (C=O) groups is 4. The molecule has 4 atom stereocenters. The molecule has 0 aliphatic carbocycles. The fraction of sp³-hybridized carbons (Fsp3) is 0.500. The lowest BCUT2D eigenvalue weighted by molar-refractivity contribution is -0.186. The molecular formula is C20H23NO8. The molecule has 0 bridgehead atoms. The molecule has 3 rings (SSSR count). The molecule has 29 heavy (non-hydrogen) atoms. The molecular weight excluding hydrogens is 382 g/mol. The van der Waals surface area contributed by atoms with Crippen molar-refractivity contribution in [1.29, 1.82) is 0 Å². The topological polar surface area (TPSA) is 108 Å². The second-order valence-electron chi connectivity index (χ2n) is 7.05. The predicted octanol–water partition coefficient (Wildman–Crippen LogP) is 0.593. The third-order valence-electron chi connectivity index (χ3n) is 4.87. The lowest BCUT2D eigenvalue weighted by Gasteiger charge is -2.32. The summed E-state index contributed by atoms with van der Waals surface area (Å²) in [4.78, 5) is 49.8. The standard InChI is InChI=1S/C20H23NO8/c1-12(22)27-16-11-26-20(18(16)29-14(3)24)17(28-13(2)23)10-21(19(20)25)9-15-7-5-4-6-8-15/h4-8,16-18H,9-11H2,1-3H3/t16-,17-,18-,20-/m0/s1. The first-order valence-corrected chi connectivity index (χ1v) is 9.23. The Morgan fingerprint density at radius 3 is 2.24 bits per heavy atom. The van der Waals surface area contributed by atoms with E-state index in [1.54, 1.807) is 0 Å². The van der Waals surface area contributed by atoms with Crippen molar-refractivity contribution in [1.82, 2.24) is 4.90 Å². The van der Waals surface area contributed by atoms with Crippen molar-refractivity contribution in [2.24, 2.45) is 0 Å². The van der Waals surface area contributed by atoms with Crippen molar-refractivity contribution in [3.63, 3.8) is 0 Å². The van der Waals surface area contributed by atoms with Crippen molar-refractivity contribution in [3.8, 4) is 0 Å². The molecule has 0 N–H and O–H groups in total. The highest BCUT2D eigenvalue weighted by Gasteiger charge is 2.69. The van der Waals surface area contributed by atoms with E-state index in [9.17, 15) is 19.2 Å². The van der Waals surface area contributed by atoms with Crippen LogP contribution in [-0.2, 0) is 44.7 Å². The van der Waals surface area contributed by atoms with Gasteiger partial charge in [-0.05, 0) is 5.56 Å². The number of esters is 3. The number of benzene rings is 1. The van der Waals surface area contributed by atoms with Crippen LogP contribution in [0.3, 0.4) is 0 Å². The zero-order valence-corrected chi connectivity index (χ0v) is 16.5. The van der Waals surface area contributed by atoms with Crippen LogP contribution in [-0.4, -0.2) is 65.8 Å². The molecule has 156 valence electrons. The second kappa shape index (κ2) is 8.20. The zero-order valence-electron chi connectivity index (χ0n) is 16.5. The highest BCUT2D eigenvalue weighted by Crippen LogP contribution is 2.42. The van der Waals surface area contributed by atoms with E-state index < -0.39 is 47.7 Å². The molecule has 2 aliphatic heterocycles. The number of hydrogen-bond donors (Lipinski definition) is 0. The number of ether oxygens (including phenoxy) is 4. The Morgan fingerprint density at radius 2 is 1.66 bits per heavy atom. The molecule has 9 heteroatoms. The van der Waals surface area contributed by atoms with Crippen LogP contribution in [0.1, 0.15) is 26.3 Å². The number of carbonyl (C=O) groups excluding carboxylic acids is 4. The average Bonchev–Trinajstić information content (AvgIpc) is 3.10. The highest BCUT2D eigenvalue weighted by atomic mass is 16.7. The highest BCUT2D eigenvalue weighted by molar-refractivity contribution is 5.91. The van der Waals surface area contributed by atoms with Gasteiger partial charge in [0, 0.05) is 27.3 Å².